The maximum absolute atomic E-state index is 13.4. The monoisotopic (exact) mass is 390 g/mol. The summed E-state index contributed by atoms with van der Waals surface area (Å²) < 4.78 is 45.0. The Balaban J connectivity index is 2.50. The molecule has 0 bridgehead atoms. The van der Waals surface area contributed by atoms with Crippen LogP contribution in [0.5, 0.6) is 0 Å². The summed E-state index contributed by atoms with van der Waals surface area (Å²) in [5.41, 5.74) is -0.951. The highest BCUT2D eigenvalue weighted by Crippen LogP contribution is 2.46. The quantitative estimate of drug-likeness (QED) is 0.810. The predicted molar refractivity (Wildman–Crippen MR) is 82.7 cm³/mol. The van der Waals surface area contributed by atoms with Crippen molar-refractivity contribution >= 4 is 40.5 Å². The Bertz CT molecular complexity index is 616. The number of ether oxygens (including phenoxy) is 1. The lowest BCUT2D eigenvalue weighted by Gasteiger charge is -2.36. The van der Waals surface area contributed by atoms with Gasteiger partial charge in [0.1, 0.15) is 0 Å². The van der Waals surface area contributed by atoms with Crippen LogP contribution in [0.4, 0.5) is 18.9 Å². The Labute approximate surface area is 145 Å². The topological polar surface area (TPSA) is 44.7 Å². The summed E-state index contributed by atoms with van der Waals surface area (Å²) >= 11 is 17.7. The number of nitrogens with zero attached hydrogens (tertiary/aromatic N) is 1. The first-order chi connectivity index (χ1) is 10.6. The summed E-state index contributed by atoms with van der Waals surface area (Å²) in [4.78, 5) is 0. The molecule has 0 unspecified atom stereocenters. The van der Waals surface area contributed by atoms with Crippen LogP contribution in [0.25, 0.3) is 0 Å². The van der Waals surface area contributed by atoms with E-state index in [2.05, 4.69) is 5.43 Å². The zero-order valence-corrected chi connectivity index (χ0v) is 14.0. The van der Waals surface area contributed by atoms with Crippen LogP contribution in [0, 0.1) is 0 Å². The number of aliphatic hydroxyl groups is 1. The Morgan fingerprint density at radius 3 is 2.30 bits per heavy atom. The van der Waals surface area contributed by atoms with E-state index in [0.29, 0.717) is 11.1 Å². The van der Waals surface area contributed by atoms with Crippen LogP contribution < -0.4 is 10.4 Å². The molecule has 0 aromatic heterocycles. The molecule has 0 amide bonds. The minimum absolute atomic E-state index is 0.119. The lowest BCUT2D eigenvalue weighted by molar-refractivity contribution is -0.238. The van der Waals surface area contributed by atoms with Crippen molar-refractivity contribution in [2.75, 3.05) is 18.7 Å². The molecule has 0 spiro atoms. The summed E-state index contributed by atoms with van der Waals surface area (Å²) in [5.74, 6) is 0. The van der Waals surface area contributed by atoms with Crippen molar-refractivity contribution in [2.24, 2.45) is 0 Å². The SMILES string of the molecule is COCCC1=C[C@@](O)(C(F)(F)F)N(c2c(Cl)cc(Cl)cc2Cl)N1. The molecule has 10 heteroatoms. The van der Waals surface area contributed by atoms with E-state index in [0.717, 1.165) is 0 Å². The van der Waals surface area contributed by atoms with Crippen LogP contribution in [0.15, 0.2) is 23.9 Å². The van der Waals surface area contributed by atoms with Crippen molar-refractivity contribution < 1.29 is 23.0 Å². The van der Waals surface area contributed by atoms with Crippen LogP contribution >= 0.6 is 34.8 Å². The molecule has 23 heavy (non-hydrogen) atoms. The second kappa shape index (κ2) is 6.57. The number of hydrazine groups is 1. The largest absolute Gasteiger partial charge is 0.442 e. The number of halogens is 6. The third-order valence-corrected chi connectivity index (χ3v) is 3.96. The van der Waals surface area contributed by atoms with Gasteiger partial charge in [0.15, 0.2) is 0 Å². The highest BCUT2D eigenvalue weighted by Gasteiger charge is 2.60. The molecule has 128 valence electrons. The zero-order chi connectivity index (χ0) is 17.4. The molecule has 0 fully saturated rings. The standard InChI is InChI=1S/C13H12Cl3F3N2O2/c1-23-3-2-8-6-12(22,13(17,18)19)21(20-8)11-9(15)4-7(14)5-10(11)16/h4-6,20,22H,2-3H2,1H3/t12-/m1/s1. The number of anilines is 1. The number of hydrogen-bond acceptors (Lipinski definition) is 4. The average molecular weight is 392 g/mol. The lowest BCUT2D eigenvalue weighted by Crippen LogP contribution is -2.59. The molecule has 1 atom stereocenters. The second-order valence-electron chi connectivity index (χ2n) is 4.80. The average Bonchev–Trinajstić information content (AvgIpc) is 2.73. The summed E-state index contributed by atoms with van der Waals surface area (Å²) in [6, 6.07) is 2.46. The van der Waals surface area contributed by atoms with Gasteiger partial charge in [0.25, 0.3) is 5.72 Å². The molecule has 2 N–H and O–H groups in total. The zero-order valence-electron chi connectivity index (χ0n) is 11.7. The van der Waals surface area contributed by atoms with Crippen LogP contribution in [0.3, 0.4) is 0 Å². The van der Waals surface area contributed by atoms with Gasteiger partial charge in [-0.1, -0.05) is 34.8 Å². The number of benzene rings is 1. The van der Waals surface area contributed by atoms with E-state index >= 15 is 0 Å². The highest BCUT2D eigenvalue weighted by atomic mass is 35.5. The molecule has 2 rings (SSSR count). The van der Waals surface area contributed by atoms with Gasteiger partial charge < -0.3 is 9.84 Å². The first-order valence-electron chi connectivity index (χ1n) is 6.31. The molecule has 1 aliphatic rings. The van der Waals surface area contributed by atoms with E-state index in [9.17, 15) is 18.3 Å². The van der Waals surface area contributed by atoms with Gasteiger partial charge in [0.05, 0.1) is 22.3 Å². The minimum Gasteiger partial charge on any atom is -0.384 e. The normalized spacial score (nSPS) is 21.4. The molecule has 0 aliphatic carbocycles. The molecule has 1 aromatic rings. The Kier molecular flexibility index (Phi) is 5.27. The number of alkyl halides is 3. The Morgan fingerprint density at radius 1 is 1.26 bits per heavy atom. The third-order valence-electron chi connectivity index (χ3n) is 3.17. The predicted octanol–water partition coefficient (Wildman–Crippen LogP) is 4.14. The van der Waals surface area contributed by atoms with Crippen molar-refractivity contribution in [2.45, 2.75) is 18.3 Å². The highest BCUT2D eigenvalue weighted by molar-refractivity contribution is 6.41. The van der Waals surface area contributed by atoms with Crippen molar-refractivity contribution in [3.05, 3.63) is 39.0 Å². The van der Waals surface area contributed by atoms with E-state index in [1.165, 1.54) is 19.2 Å². The van der Waals surface area contributed by atoms with Gasteiger partial charge in [-0.3, -0.25) is 5.43 Å². The van der Waals surface area contributed by atoms with Gasteiger partial charge in [-0.15, -0.1) is 0 Å². The molecule has 0 radical (unpaired) electrons. The van der Waals surface area contributed by atoms with E-state index < -0.39 is 11.9 Å². The molecule has 1 aromatic carbocycles. The number of methoxy groups -OCH3 is 1. The summed E-state index contributed by atoms with van der Waals surface area (Å²) in [5, 5.41) is 10.5. The van der Waals surface area contributed by atoms with Gasteiger partial charge in [-0.05, 0) is 18.2 Å². The molecule has 1 heterocycles. The van der Waals surface area contributed by atoms with Crippen molar-refractivity contribution in [1.29, 1.82) is 0 Å². The van der Waals surface area contributed by atoms with Crippen LogP contribution in [-0.2, 0) is 4.74 Å². The van der Waals surface area contributed by atoms with Gasteiger partial charge >= 0.3 is 6.18 Å². The molecule has 0 saturated carbocycles. The van der Waals surface area contributed by atoms with E-state index in [4.69, 9.17) is 39.5 Å². The van der Waals surface area contributed by atoms with E-state index in [1.54, 1.807) is 0 Å². The van der Waals surface area contributed by atoms with Crippen molar-refractivity contribution in [3.63, 3.8) is 0 Å². The second-order valence-corrected chi connectivity index (χ2v) is 6.05. The molecule has 0 saturated heterocycles. The summed E-state index contributed by atoms with van der Waals surface area (Å²) in [7, 11) is 1.41. The van der Waals surface area contributed by atoms with Crippen LogP contribution in [0.2, 0.25) is 15.1 Å². The van der Waals surface area contributed by atoms with Crippen LogP contribution in [0.1, 0.15) is 6.42 Å². The molecular weight excluding hydrogens is 380 g/mol. The fraction of sp³-hybridized carbons (Fsp3) is 0.385. The summed E-state index contributed by atoms with van der Waals surface area (Å²) in [6.45, 7) is 0.169. The minimum atomic E-state index is -5.00. The first-order valence-corrected chi connectivity index (χ1v) is 7.44. The molecular formula is C13H12Cl3F3N2O2. The van der Waals surface area contributed by atoms with Gasteiger partial charge in [-0.2, -0.15) is 13.2 Å². The summed E-state index contributed by atoms with van der Waals surface area (Å²) in [6.07, 6.45) is -4.21. The van der Waals surface area contributed by atoms with Crippen molar-refractivity contribution in [3.8, 4) is 0 Å². The number of hydrogen-bond donors (Lipinski definition) is 2. The van der Waals surface area contributed by atoms with Crippen LogP contribution in [-0.4, -0.2) is 30.7 Å². The van der Waals surface area contributed by atoms with Gasteiger partial charge in [0.2, 0.25) is 0 Å². The number of rotatable bonds is 4. The van der Waals surface area contributed by atoms with E-state index in [-0.39, 0.29) is 39.5 Å². The maximum Gasteiger partial charge on any atom is 0.442 e. The Hall–Kier alpha value is -0.860. The fourth-order valence-corrected chi connectivity index (χ4v) is 3.08. The molecule has 1 aliphatic heterocycles. The van der Waals surface area contributed by atoms with Gasteiger partial charge in [0, 0.05) is 24.3 Å². The first kappa shape index (κ1) is 18.5. The van der Waals surface area contributed by atoms with Crippen molar-refractivity contribution in [1.82, 2.24) is 5.43 Å². The van der Waals surface area contributed by atoms with E-state index in [1.807, 2.05) is 0 Å². The smallest absolute Gasteiger partial charge is 0.384 e. The molecule has 4 nitrogen and oxygen atoms in total. The third kappa shape index (κ3) is 3.49. The maximum atomic E-state index is 13.4. The number of nitrogens with one attached hydrogen (secondary N) is 1. The van der Waals surface area contributed by atoms with Gasteiger partial charge in [-0.25, -0.2) is 5.01 Å². The lowest BCUT2D eigenvalue weighted by atomic mass is 10.1. The Morgan fingerprint density at radius 2 is 1.83 bits per heavy atom. The fourth-order valence-electron chi connectivity index (χ4n) is 2.09.